The molecule has 0 aliphatic heterocycles. The molecule has 0 bridgehead atoms. The van der Waals surface area contributed by atoms with E-state index in [-0.39, 0.29) is 12.2 Å². The van der Waals surface area contributed by atoms with Gasteiger partial charge in [-0.15, -0.1) is 0 Å². The Morgan fingerprint density at radius 1 is 1.14 bits per heavy atom. The van der Waals surface area contributed by atoms with E-state index in [0.29, 0.717) is 6.61 Å². The monoisotopic (exact) mass is 291 g/mol. The van der Waals surface area contributed by atoms with E-state index in [1.165, 1.54) is 18.2 Å². The second kappa shape index (κ2) is 7.18. The SMILES string of the molecule is C/C=C/Cn1ccc(COCc2c(F)cccc2F)c1C. The molecule has 0 fully saturated rings. The van der Waals surface area contributed by atoms with E-state index in [2.05, 4.69) is 10.6 Å². The van der Waals surface area contributed by atoms with Crippen LogP contribution in [0.1, 0.15) is 23.7 Å². The van der Waals surface area contributed by atoms with Gasteiger partial charge in [-0.2, -0.15) is 0 Å². The van der Waals surface area contributed by atoms with Crippen molar-refractivity contribution in [3.05, 3.63) is 71.1 Å². The van der Waals surface area contributed by atoms with Gasteiger partial charge in [0.25, 0.3) is 0 Å². The van der Waals surface area contributed by atoms with E-state index < -0.39 is 11.6 Å². The summed E-state index contributed by atoms with van der Waals surface area (Å²) >= 11 is 0. The molecule has 1 aromatic heterocycles. The summed E-state index contributed by atoms with van der Waals surface area (Å²) < 4.78 is 34.5. The minimum Gasteiger partial charge on any atom is -0.372 e. The van der Waals surface area contributed by atoms with Crippen molar-refractivity contribution in [3.8, 4) is 0 Å². The van der Waals surface area contributed by atoms with Crippen LogP contribution < -0.4 is 0 Å². The molecular weight excluding hydrogens is 272 g/mol. The molecule has 1 aromatic carbocycles. The highest BCUT2D eigenvalue weighted by atomic mass is 19.1. The molecule has 112 valence electrons. The number of benzene rings is 1. The average molecular weight is 291 g/mol. The van der Waals surface area contributed by atoms with Crippen molar-refractivity contribution in [3.63, 3.8) is 0 Å². The van der Waals surface area contributed by atoms with Crippen molar-refractivity contribution in [2.45, 2.75) is 33.6 Å². The lowest BCUT2D eigenvalue weighted by Crippen LogP contribution is -2.02. The molecule has 0 N–H and O–H groups in total. The number of ether oxygens (including phenoxy) is 1. The lowest BCUT2D eigenvalue weighted by atomic mass is 10.2. The van der Waals surface area contributed by atoms with E-state index >= 15 is 0 Å². The van der Waals surface area contributed by atoms with Gasteiger partial charge in [0.15, 0.2) is 0 Å². The number of hydrogen-bond acceptors (Lipinski definition) is 1. The van der Waals surface area contributed by atoms with Gasteiger partial charge in [-0.3, -0.25) is 0 Å². The van der Waals surface area contributed by atoms with Crippen molar-refractivity contribution in [2.75, 3.05) is 0 Å². The van der Waals surface area contributed by atoms with Crippen LogP contribution in [-0.4, -0.2) is 4.57 Å². The van der Waals surface area contributed by atoms with Crippen LogP contribution in [0.25, 0.3) is 0 Å². The van der Waals surface area contributed by atoms with Gasteiger partial charge in [-0.25, -0.2) is 8.78 Å². The fourth-order valence-corrected chi connectivity index (χ4v) is 2.10. The van der Waals surface area contributed by atoms with Crippen LogP contribution in [0.4, 0.5) is 8.78 Å². The Balaban J connectivity index is 1.96. The fourth-order valence-electron chi connectivity index (χ4n) is 2.10. The van der Waals surface area contributed by atoms with Gasteiger partial charge in [-0.1, -0.05) is 18.2 Å². The number of halogens is 2. The summed E-state index contributed by atoms with van der Waals surface area (Å²) in [6, 6.07) is 5.79. The third-order valence-electron chi connectivity index (χ3n) is 3.45. The summed E-state index contributed by atoms with van der Waals surface area (Å²) in [5.41, 5.74) is 2.10. The first-order chi connectivity index (χ1) is 10.1. The van der Waals surface area contributed by atoms with Crippen molar-refractivity contribution in [1.82, 2.24) is 4.57 Å². The zero-order valence-corrected chi connectivity index (χ0v) is 12.3. The Kier molecular flexibility index (Phi) is 5.28. The molecule has 0 saturated carbocycles. The molecular formula is C17H19F2NO. The maximum Gasteiger partial charge on any atom is 0.131 e. The fraction of sp³-hybridized carbons (Fsp3) is 0.294. The lowest BCUT2D eigenvalue weighted by molar-refractivity contribution is 0.102. The summed E-state index contributed by atoms with van der Waals surface area (Å²) in [5, 5.41) is 0. The predicted molar refractivity (Wildman–Crippen MR) is 78.8 cm³/mol. The first-order valence-electron chi connectivity index (χ1n) is 6.90. The molecule has 2 aromatic rings. The van der Waals surface area contributed by atoms with Gasteiger partial charge < -0.3 is 9.30 Å². The second-order valence-electron chi connectivity index (χ2n) is 4.84. The zero-order chi connectivity index (χ0) is 15.2. The first kappa shape index (κ1) is 15.4. The van der Waals surface area contributed by atoms with Crippen LogP contribution in [0.3, 0.4) is 0 Å². The number of allylic oxidation sites excluding steroid dienone is 2. The van der Waals surface area contributed by atoms with E-state index in [9.17, 15) is 8.78 Å². The molecule has 0 aliphatic rings. The maximum atomic E-state index is 13.5. The number of nitrogens with zero attached hydrogens (tertiary/aromatic N) is 1. The highest BCUT2D eigenvalue weighted by Gasteiger charge is 2.09. The van der Waals surface area contributed by atoms with E-state index in [1.807, 2.05) is 32.2 Å². The molecule has 1 heterocycles. The van der Waals surface area contributed by atoms with Crippen LogP contribution in [0.5, 0.6) is 0 Å². The first-order valence-corrected chi connectivity index (χ1v) is 6.90. The molecule has 0 amide bonds. The molecule has 0 saturated heterocycles. The third kappa shape index (κ3) is 3.79. The Labute approximate surface area is 123 Å². The summed E-state index contributed by atoms with van der Waals surface area (Å²) in [4.78, 5) is 0. The quantitative estimate of drug-likeness (QED) is 0.721. The minimum atomic E-state index is -0.572. The van der Waals surface area contributed by atoms with Crippen molar-refractivity contribution in [2.24, 2.45) is 0 Å². The van der Waals surface area contributed by atoms with Crippen LogP contribution in [0.15, 0.2) is 42.6 Å². The zero-order valence-electron chi connectivity index (χ0n) is 12.3. The number of rotatable bonds is 6. The molecule has 4 heteroatoms. The Morgan fingerprint density at radius 3 is 2.52 bits per heavy atom. The minimum absolute atomic E-state index is 0.0245. The Hall–Kier alpha value is -1.94. The average Bonchev–Trinajstić information content (AvgIpc) is 2.81. The normalized spacial score (nSPS) is 11.4. The smallest absolute Gasteiger partial charge is 0.131 e. The van der Waals surface area contributed by atoms with Gasteiger partial charge in [0, 0.05) is 24.0 Å². The molecule has 0 radical (unpaired) electrons. The van der Waals surface area contributed by atoms with E-state index in [4.69, 9.17) is 4.74 Å². The van der Waals surface area contributed by atoms with Gasteiger partial charge in [0.05, 0.1) is 13.2 Å². The standard InChI is InChI=1S/C17H19F2NO/c1-3-4-9-20-10-8-14(13(20)2)11-21-12-15-16(18)6-5-7-17(15)19/h3-8,10H,9,11-12H2,1-2H3/b4-3+. The van der Waals surface area contributed by atoms with Gasteiger partial charge in [-0.05, 0) is 37.6 Å². The number of aromatic nitrogens is 1. The van der Waals surface area contributed by atoms with Gasteiger partial charge >= 0.3 is 0 Å². The topological polar surface area (TPSA) is 14.2 Å². The molecule has 0 atom stereocenters. The Bertz CT molecular complexity index is 611. The van der Waals surface area contributed by atoms with Crippen molar-refractivity contribution < 1.29 is 13.5 Å². The van der Waals surface area contributed by atoms with E-state index in [0.717, 1.165) is 17.8 Å². The predicted octanol–water partition coefficient (Wildman–Crippen LogP) is 4.37. The molecule has 0 aliphatic carbocycles. The lowest BCUT2D eigenvalue weighted by Gasteiger charge is -2.08. The number of hydrogen-bond donors (Lipinski definition) is 0. The molecule has 2 nitrogen and oxygen atoms in total. The second-order valence-corrected chi connectivity index (χ2v) is 4.84. The molecule has 0 unspecified atom stereocenters. The largest absolute Gasteiger partial charge is 0.372 e. The summed E-state index contributed by atoms with van der Waals surface area (Å²) in [7, 11) is 0. The maximum absolute atomic E-state index is 13.5. The molecule has 0 spiro atoms. The summed E-state index contributed by atoms with van der Waals surface area (Å²) in [6.07, 6.45) is 6.04. The van der Waals surface area contributed by atoms with Crippen molar-refractivity contribution >= 4 is 0 Å². The van der Waals surface area contributed by atoms with Crippen LogP contribution in [-0.2, 0) is 24.5 Å². The van der Waals surface area contributed by atoms with Crippen LogP contribution in [0, 0.1) is 18.6 Å². The van der Waals surface area contributed by atoms with Crippen LogP contribution in [0.2, 0.25) is 0 Å². The van der Waals surface area contributed by atoms with Gasteiger partial charge in [0.2, 0.25) is 0 Å². The molecule has 21 heavy (non-hydrogen) atoms. The van der Waals surface area contributed by atoms with Crippen LogP contribution >= 0.6 is 0 Å². The highest BCUT2D eigenvalue weighted by Crippen LogP contribution is 2.16. The Morgan fingerprint density at radius 2 is 1.86 bits per heavy atom. The molecule has 2 rings (SSSR count). The van der Waals surface area contributed by atoms with E-state index in [1.54, 1.807) is 0 Å². The van der Waals surface area contributed by atoms with Crippen molar-refractivity contribution in [1.29, 1.82) is 0 Å². The summed E-state index contributed by atoms with van der Waals surface area (Å²) in [5.74, 6) is -1.14. The van der Waals surface area contributed by atoms with Gasteiger partial charge in [0.1, 0.15) is 11.6 Å². The highest BCUT2D eigenvalue weighted by molar-refractivity contribution is 5.21. The third-order valence-corrected chi connectivity index (χ3v) is 3.45. The summed E-state index contributed by atoms with van der Waals surface area (Å²) in [6.45, 7) is 5.06.